The first kappa shape index (κ1) is 25.0. The van der Waals surface area contributed by atoms with Gasteiger partial charge < -0.3 is 19.6 Å². The number of carbonyl (C=O) groups excluding carboxylic acids is 2. The lowest BCUT2D eigenvalue weighted by Gasteiger charge is -2.21. The molecule has 1 amide bonds. The molecule has 39 heavy (non-hydrogen) atoms. The van der Waals surface area contributed by atoms with E-state index in [4.69, 9.17) is 19.6 Å². The smallest absolute Gasteiger partial charge is 0.412 e. The number of likely N-dealkylation sites (N-methyl/N-ethyl adjacent to an activating group) is 1. The van der Waals surface area contributed by atoms with Crippen LogP contribution in [0.25, 0.3) is 22.3 Å². The Morgan fingerprint density at radius 3 is 2.28 bits per heavy atom. The number of rotatable bonds is 6. The largest absolute Gasteiger partial charge is 0.457 e. The number of primary amides is 1. The van der Waals surface area contributed by atoms with E-state index in [2.05, 4.69) is 0 Å². The van der Waals surface area contributed by atoms with Gasteiger partial charge >= 0.3 is 22.3 Å². The average molecular weight is 548 g/mol. The molecular formula is C28H25N3O7S. The van der Waals surface area contributed by atoms with Crippen molar-refractivity contribution in [1.82, 2.24) is 4.31 Å². The Morgan fingerprint density at radius 2 is 1.67 bits per heavy atom. The molecule has 1 aliphatic carbocycles. The van der Waals surface area contributed by atoms with Crippen molar-refractivity contribution in [1.29, 1.82) is 0 Å². The molecular weight excluding hydrogens is 522 g/mol. The van der Waals surface area contributed by atoms with E-state index in [0.29, 0.717) is 41.2 Å². The van der Waals surface area contributed by atoms with Gasteiger partial charge in [0.2, 0.25) is 0 Å². The quantitative estimate of drug-likeness (QED) is 0.265. The van der Waals surface area contributed by atoms with E-state index in [1.54, 1.807) is 43.4 Å². The zero-order valence-corrected chi connectivity index (χ0v) is 21.8. The number of fused-ring (bicyclic) bond motifs is 1. The summed E-state index contributed by atoms with van der Waals surface area (Å²) in [6, 6.07) is 19.6. The van der Waals surface area contributed by atoms with Crippen molar-refractivity contribution in [2.24, 2.45) is 5.73 Å². The molecule has 4 aromatic rings. The maximum absolute atomic E-state index is 13.1. The number of furan rings is 1. The van der Waals surface area contributed by atoms with Crippen LogP contribution in [0.2, 0.25) is 0 Å². The molecule has 3 aromatic carbocycles. The Kier molecular flexibility index (Phi) is 6.04. The molecule has 10 nitrogen and oxygen atoms in total. The number of carbonyl (C=O) groups is 2. The first-order valence-corrected chi connectivity index (χ1v) is 13.8. The minimum Gasteiger partial charge on any atom is -0.457 e. The highest BCUT2D eigenvalue weighted by atomic mass is 32.2. The molecule has 1 aliphatic heterocycles. The second kappa shape index (κ2) is 9.44. The van der Waals surface area contributed by atoms with Gasteiger partial charge in [0.25, 0.3) is 0 Å². The molecule has 0 radical (unpaired) electrons. The monoisotopic (exact) mass is 547 g/mol. The topological polar surface area (TPSA) is 132 Å². The van der Waals surface area contributed by atoms with Gasteiger partial charge in [0, 0.05) is 37.2 Å². The van der Waals surface area contributed by atoms with Crippen molar-refractivity contribution in [3.05, 3.63) is 77.9 Å². The summed E-state index contributed by atoms with van der Waals surface area (Å²) >= 11 is 0. The summed E-state index contributed by atoms with van der Waals surface area (Å²) in [4.78, 5) is 24.6. The van der Waals surface area contributed by atoms with Gasteiger partial charge in [-0.05, 0) is 66.8 Å². The van der Waals surface area contributed by atoms with Crippen LogP contribution in [0.3, 0.4) is 0 Å². The summed E-state index contributed by atoms with van der Waals surface area (Å²) in [6.07, 6.45) is 0.561. The summed E-state index contributed by atoms with van der Waals surface area (Å²) in [5.41, 5.74) is 7.34. The van der Waals surface area contributed by atoms with Crippen molar-refractivity contribution < 1.29 is 31.9 Å². The van der Waals surface area contributed by atoms with Crippen LogP contribution in [0.15, 0.2) is 71.1 Å². The third-order valence-electron chi connectivity index (χ3n) is 6.91. The number of hydrogen-bond acceptors (Lipinski definition) is 7. The molecule has 0 atom stereocenters. The normalized spacial score (nSPS) is 16.9. The molecule has 1 saturated heterocycles. The van der Waals surface area contributed by atoms with Crippen LogP contribution in [-0.2, 0) is 14.9 Å². The first-order chi connectivity index (χ1) is 18.7. The summed E-state index contributed by atoms with van der Waals surface area (Å²) in [5.74, 6) is 0.608. The Morgan fingerprint density at radius 1 is 0.974 bits per heavy atom. The van der Waals surface area contributed by atoms with Gasteiger partial charge in [-0.25, -0.2) is 9.59 Å². The van der Waals surface area contributed by atoms with Crippen molar-refractivity contribution in [3.8, 4) is 22.8 Å². The molecule has 11 heteroatoms. The zero-order chi connectivity index (χ0) is 27.3. The Balaban J connectivity index is 1.47. The number of anilines is 1. The van der Waals surface area contributed by atoms with Crippen LogP contribution in [0, 0.1) is 0 Å². The summed E-state index contributed by atoms with van der Waals surface area (Å²) < 4.78 is 45.5. The second-order valence-corrected chi connectivity index (χ2v) is 11.5. The molecule has 2 N–H and O–H groups in total. The summed E-state index contributed by atoms with van der Waals surface area (Å²) in [7, 11) is -2.14. The van der Waals surface area contributed by atoms with E-state index >= 15 is 0 Å². The molecule has 200 valence electrons. The molecule has 1 saturated carbocycles. The molecule has 0 unspecified atom stereocenters. The van der Waals surface area contributed by atoms with Crippen LogP contribution in [0.1, 0.15) is 34.7 Å². The van der Waals surface area contributed by atoms with E-state index < -0.39 is 22.3 Å². The van der Waals surface area contributed by atoms with Crippen LogP contribution >= 0.6 is 0 Å². The molecule has 0 bridgehead atoms. The minimum atomic E-state index is -3.68. The number of esters is 1. The number of benzene rings is 3. The number of amides is 1. The Bertz CT molecular complexity index is 1690. The fourth-order valence-corrected chi connectivity index (χ4v) is 6.18. The standard InChI is InChI=1S/C28H25N3O7S/c1-30-13-14-31(39(30,34)35)23-16-24-22(15-21(23)17-7-8-17)25(27(32)38-28(29)33)26(37-24)18-9-11-20(12-10-18)36-19-5-3-2-4-6-19/h2-6,9-12,15-17H,7-8,13-14H2,1H3,(H2,29,33). The fourth-order valence-electron chi connectivity index (χ4n) is 4.81. The summed E-state index contributed by atoms with van der Waals surface area (Å²) in [6.45, 7) is 0.665. The highest BCUT2D eigenvalue weighted by Crippen LogP contribution is 2.48. The fraction of sp³-hybridized carbons (Fsp3) is 0.214. The number of nitrogens with two attached hydrogens (primary N) is 1. The van der Waals surface area contributed by atoms with E-state index in [0.717, 1.165) is 18.4 Å². The Labute approximate surface area is 224 Å². The third-order valence-corrected chi connectivity index (χ3v) is 8.81. The maximum atomic E-state index is 13.1. The van der Waals surface area contributed by atoms with Crippen LogP contribution in [-0.4, -0.2) is 44.9 Å². The predicted octanol–water partition coefficient (Wildman–Crippen LogP) is 5.00. The number of ether oxygens (including phenoxy) is 2. The molecule has 6 rings (SSSR count). The highest BCUT2D eigenvalue weighted by Gasteiger charge is 2.39. The number of para-hydroxylation sites is 1. The van der Waals surface area contributed by atoms with E-state index in [1.165, 1.54) is 8.61 Å². The van der Waals surface area contributed by atoms with E-state index in [1.807, 2.05) is 30.3 Å². The van der Waals surface area contributed by atoms with Gasteiger partial charge in [-0.3, -0.25) is 4.31 Å². The van der Waals surface area contributed by atoms with Crippen LogP contribution < -0.4 is 14.8 Å². The van der Waals surface area contributed by atoms with Gasteiger partial charge in [-0.15, -0.1) is 0 Å². The molecule has 2 aliphatic rings. The number of nitrogens with zero attached hydrogens (tertiary/aromatic N) is 2. The second-order valence-electron chi connectivity index (χ2n) is 9.54. The van der Waals surface area contributed by atoms with Crippen LogP contribution in [0.4, 0.5) is 10.5 Å². The SMILES string of the molecule is CN1CCN(c2cc3oc(-c4ccc(Oc5ccccc5)cc4)c(C(=O)OC(N)=O)c3cc2C2CC2)S1(=O)=O. The van der Waals surface area contributed by atoms with Gasteiger partial charge in [0.15, 0.2) is 0 Å². The van der Waals surface area contributed by atoms with Crippen molar-refractivity contribution in [3.63, 3.8) is 0 Å². The summed E-state index contributed by atoms with van der Waals surface area (Å²) in [5, 5.41) is 0.413. The Hall–Kier alpha value is -4.35. The van der Waals surface area contributed by atoms with Crippen LogP contribution in [0.5, 0.6) is 11.5 Å². The average Bonchev–Trinajstić information content (AvgIpc) is 3.63. The highest BCUT2D eigenvalue weighted by molar-refractivity contribution is 7.90. The van der Waals surface area contributed by atoms with Crippen molar-refractivity contribution in [2.75, 3.05) is 24.4 Å². The van der Waals surface area contributed by atoms with E-state index in [9.17, 15) is 18.0 Å². The van der Waals surface area contributed by atoms with Gasteiger partial charge in [-0.2, -0.15) is 12.7 Å². The van der Waals surface area contributed by atoms with Gasteiger partial charge in [0.05, 0.1) is 5.69 Å². The predicted molar refractivity (Wildman–Crippen MR) is 144 cm³/mol. The lowest BCUT2D eigenvalue weighted by atomic mass is 10.0. The molecule has 2 heterocycles. The maximum Gasteiger partial charge on any atom is 0.412 e. The number of hydrogen-bond donors (Lipinski definition) is 1. The van der Waals surface area contributed by atoms with E-state index in [-0.39, 0.29) is 22.8 Å². The zero-order valence-electron chi connectivity index (χ0n) is 21.0. The first-order valence-electron chi connectivity index (χ1n) is 12.4. The minimum absolute atomic E-state index is 0.0374. The van der Waals surface area contributed by atoms with Gasteiger partial charge in [-0.1, -0.05) is 18.2 Å². The molecule has 2 fully saturated rings. The van der Waals surface area contributed by atoms with Gasteiger partial charge in [0.1, 0.15) is 28.4 Å². The van der Waals surface area contributed by atoms with Crippen molar-refractivity contribution >= 4 is 38.9 Å². The lowest BCUT2D eigenvalue weighted by Crippen LogP contribution is -2.31. The molecule has 0 spiro atoms. The molecule has 1 aromatic heterocycles. The van der Waals surface area contributed by atoms with Crippen molar-refractivity contribution in [2.45, 2.75) is 18.8 Å². The lowest BCUT2D eigenvalue weighted by molar-refractivity contribution is 0.0640. The third kappa shape index (κ3) is 4.59.